The number of rotatable bonds is 4. The van der Waals surface area contributed by atoms with E-state index in [1.165, 1.54) is 19.3 Å². The van der Waals surface area contributed by atoms with Crippen LogP contribution >= 0.6 is 15.9 Å². The van der Waals surface area contributed by atoms with Crippen LogP contribution in [0.15, 0.2) is 30.3 Å². The summed E-state index contributed by atoms with van der Waals surface area (Å²) in [5.41, 5.74) is 1.15. The number of benzene rings is 1. The quantitative estimate of drug-likeness (QED) is 0.799. The predicted octanol–water partition coefficient (Wildman–Crippen LogP) is 4.60. The molecule has 0 aliphatic heterocycles. The minimum absolute atomic E-state index is 0.0455. The number of alkyl halides is 1. The average Bonchev–Trinajstić information content (AvgIpc) is 2.49. The Bertz CT molecular complexity index is 438. The van der Waals surface area contributed by atoms with E-state index in [-0.39, 0.29) is 11.9 Å². The van der Waals surface area contributed by atoms with E-state index >= 15 is 0 Å². The van der Waals surface area contributed by atoms with Gasteiger partial charge in [0.05, 0.1) is 6.04 Å². The molecule has 1 saturated carbocycles. The van der Waals surface area contributed by atoms with Crippen molar-refractivity contribution in [2.24, 2.45) is 5.92 Å². The van der Waals surface area contributed by atoms with Crippen molar-refractivity contribution in [3.63, 3.8) is 0 Å². The second-order valence-electron chi connectivity index (χ2n) is 6.02. The number of carbonyl (C=O) groups excluding carboxylic acids is 1. The highest BCUT2D eigenvalue weighted by Gasteiger charge is 2.39. The van der Waals surface area contributed by atoms with Crippen molar-refractivity contribution in [3.8, 4) is 0 Å². The van der Waals surface area contributed by atoms with E-state index in [1.54, 1.807) is 0 Å². The fourth-order valence-electron chi connectivity index (χ4n) is 2.99. The zero-order valence-corrected chi connectivity index (χ0v) is 13.9. The Kier molecular flexibility index (Phi) is 5.25. The summed E-state index contributed by atoms with van der Waals surface area (Å²) in [4.78, 5) is 12.6. The van der Waals surface area contributed by atoms with Gasteiger partial charge in [-0.15, -0.1) is 0 Å². The third-order valence-electron chi connectivity index (χ3n) is 4.46. The number of nitrogens with one attached hydrogen (secondary N) is 1. The molecule has 1 amide bonds. The second-order valence-corrected chi connectivity index (χ2v) is 7.66. The molecule has 0 aromatic heterocycles. The first-order valence-electron chi connectivity index (χ1n) is 7.56. The molecule has 0 radical (unpaired) electrons. The van der Waals surface area contributed by atoms with Crippen molar-refractivity contribution in [3.05, 3.63) is 35.9 Å². The number of amides is 1. The summed E-state index contributed by atoms with van der Waals surface area (Å²) in [7, 11) is 0. The van der Waals surface area contributed by atoms with Crippen molar-refractivity contribution in [2.45, 2.75) is 56.3 Å². The second kappa shape index (κ2) is 6.75. The van der Waals surface area contributed by atoms with Crippen LogP contribution in [0.25, 0.3) is 0 Å². The summed E-state index contributed by atoms with van der Waals surface area (Å²) >= 11 is 3.70. The van der Waals surface area contributed by atoms with Crippen LogP contribution in [0, 0.1) is 5.92 Å². The van der Waals surface area contributed by atoms with E-state index in [2.05, 4.69) is 33.4 Å². The molecule has 2 unspecified atom stereocenters. The van der Waals surface area contributed by atoms with Gasteiger partial charge in [-0.3, -0.25) is 4.79 Å². The molecule has 0 saturated heterocycles. The zero-order valence-electron chi connectivity index (χ0n) is 12.4. The fourth-order valence-corrected chi connectivity index (χ4v) is 3.57. The lowest BCUT2D eigenvalue weighted by molar-refractivity contribution is -0.125. The van der Waals surface area contributed by atoms with Crippen LogP contribution in [0.1, 0.15) is 57.6 Å². The lowest BCUT2D eigenvalue weighted by atomic mass is 9.80. The maximum atomic E-state index is 12.6. The third kappa shape index (κ3) is 3.63. The predicted molar refractivity (Wildman–Crippen MR) is 86.9 cm³/mol. The van der Waals surface area contributed by atoms with E-state index in [4.69, 9.17) is 0 Å². The van der Waals surface area contributed by atoms with E-state index in [0.717, 1.165) is 18.4 Å². The minimum Gasteiger partial charge on any atom is -0.348 e. The highest BCUT2D eigenvalue weighted by atomic mass is 79.9. The summed E-state index contributed by atoms with van der Waals surface area (Å²) in [5.74, 6) is 0.556. The highest BCUT2D eigenvalue weighted by Crippen LogP contribution is 2.38. The Balaban J connectivity index is 1.99. The van der Waals surface area contributed by atoms with Gasteiger partial charge in [0.2, 0.25) is 5.91 Å². The fraction of sp³-hybridized carbons (Fsp3) is 0.588. The number of hydrogen-bond acceptors (Lipinski definition) is 1. The van der Waals surface area contributed by atoms with E-state index < -0.39 is 4.32 Å². The molecule has 2 nitrogen and oxygen atoms in total. The number of hydrogen-bond donors (Lipinski definition) is 1. The van der Waals surface area contributed by atoms with Gasteiger partial charge in [0, 0.05) is 0 Å². The van der Waals surface area contributed by atoms with Crippen molar-refractivity contribution < 1.29 is 4.79 Å². The Hall–Kier alpha value is -0.830. The molecule has 3 heteroatoms. The SMILES string of the molecule is CC(NC(=O)C(C)(Br)C1CCCCC1)c1ccccc1. The maximum Gasteiger partial charge on any atom is 0.237 e. The molecular formula is C17H24BrNO. The largest absolute Gasteiger partial charge is 0.348 e. The van der Waals surface area contributed by atoms with E-state index in [0.29, 0.717) is 5.92 Å². The molecule has 2 rings (SSSR count). The first-order chi connectivity index (χ1) is 9.51. The molecular weight excluding hydrogens is 314 g/mol. The molecule has 1 aromatic rings. The molecule has 20 heavy (non-hydrogen) atoms. The van der Waals surface area contributed by atoms with Gasteiger partial charge in [-0.1, -0.05) is 65.5 Å². The standard InChI is InChI=1S/C17H24BrNO/c1-13(14-9-5-3-6-10-14)19-16(20)17(2,18)15-11-7-4-8-12-15/h3,5-6,9-10,13,15H,4,7-8,11-12H2,1-2H3,(H,19,20). The first kappa shape index (κ1) is 15.6. The minimum atomic E-state index is -0.448. The summed E-state index contributed by atoms with van der Waals surface area (Å²) in [5, 5.41) is 3.15. The van der Waals surface area contributed by atoms with Crippen molar-refractivity contribution in [1.82, 2.24) is 5.32 Å². The molecule has 1 aliphatic rings. The number of carbonyl (C=O) groups is 1. The van der Waals surface area contributed by atoms with Crippen molar-refractivity contribution in [2.75, 3.05) is 0 Å². The molecule has 0 bridgehead atoms. The van der Waals surface area contributed by atoms with Crippen LogP contribution in [0.5, 0.6) is 0 Å². The molecule has 2 atom stereocenters. The van der Waals surface area contributed by atoms with Gasteiger partial charge in [-0.05, 0) is 38.2 Å². The highest BCUT2D eigenvalue weighted by molar-refractivity contribution is 9.10. The Morgan fingerprint density at radius 2 is 1.85 bits per heavy atom. The molecule has 1 N–H and O–H groups in total. The van der Waals surface area contributed by atoms with Crippen LogP contribution < -0.4 is 5.32 Å². The Morgan fingerprint density at radius 1 is 1.25 bits per heavy atom. The first-order valence-corrected chi connectivity index (χ1v) is 8.36. The van der Waals surface area contributed by atoms with Crippen LogP contribution in [-0.2, 0) is 4.79 Å². The normalized spacial score (nSPS) is 20.9. The van der Waals surface area contributed by atoms with Gasteiger partial charge in [0.25, 0.3) is 0 Å². The summed E-state index contributed by atoms with van der Waals surface area (Å²) < 4.78 is -0.448. The zero-order chi connectivity index (χ0) is 14.6. The van der Waals surface area contributed by atoms with Gasteiger partial charge in [0.1, 0.15) is 4.32 Å². The molecule has 1 fully saturated rings. The summed E-state index contributed by atoms with van der Waals surface area (Å²) in [6.45, 7) is 4.06. The van der Waals surface area contributed by atoms with Crippen molar-refractivity contribution >= 4 is 21.8 Å². The summed E-state index contributed by atoms with van der Waals surface area (Å²) in [6.07, 6.45) is 6.09. The molecule has 110 valence electrons. The van der Waals surface area contributed by atoms with Gasteiger partial charge in [-0.25, -0.2) is 0 Å². The molecule has 0 heterocycles. The smallest absolute Gasteiger partial charge is 0.237 e. The molecule has 0 spiro atoms. The number of halogens is 1. The molecule has 1 aliphatic carbocycles. The van der Waals surface area contributed by atoms with E-state index in [9.17, 15) is 4.79 Å². The monoisotopic (exact) mass is 337 g/mol. The maximum absolute atomic E-state index is 12.6. The van der Waals surface area contributed by atoms with Gasteiger partial charge in [0.15, 0.2) is 0 Å². The summed E-state index contributed by atoms with van der Waals surface area (Å²) in [6, 6.07) is 10.2. The average molecular weight is 338 g/mol. The third-order valence-corrected chi connectivity index (χ3v) is 5.47. The molecule has 1 aromatic carbocycles. The Labute approximate surface area is 130 Å². The van der Waals surface area contributed by atoms with Crippen LogP contribution in [-0.4, -0.2) is 10.2 Å². The van der Waals surface area contributed by atoms with Gasteiger partial charge < -0.3 is 5.32 Å². The van der Waals surface area contributed by atoms with Crippen LogP contribution in [0.2, 0.25) is 0 Å². The topological polar surface area (TPSA) is 29.1 Å². The van der Waals surface area contributed by atoms with Gasteiger partial charge in [-0.2, -0.15) is 0 Å². The van der Waals surface area contributed by atoms with Gasteiger partial charge >= 0.3 is 0 Å². The van der Waals surface area contributed by atoms with Crippen LogP contribution in [0.3, 0.4) is 0 Å². The lowest BCUT2D eigenvalue weighted by Gasteiger charge is -2.35. The Morgan fingerprint density at radius 3 is 2.45 bits per heavy atom. The van der Waals surface area contributed by atoms with Crippen LogP contribution in [0.4, 0.5) is 0 Å². The lowest BCUT2D eigenvalue weighted by Crippen LogP contribution is -2.46. The van der Waals surface area contributed by atoms with Crippen molar-refractivity contribution in [1.29, 1.82) is 0 Å². The van der Waals surface area contributed by atoms with E-state index in [1.807, 2.05) is 32.0 Å².